The SMILES string of the molecule is CCCC1=C(C(=O)OCC)[C@H](c2ccccc2OC)n2c(sc(=Cc3cccc(OC)c3OC)c2=O)=N1. The second-order valence-corrected chi connectivity index (χ2v) is 9.25. The van der Waals surface area contributed by atoms with Gasteiger partial charge >= 0.3 is 5.97 Å². The van der Waals surface area contributed by atoms with Crippen molar-refractivity contribution in [3.8, 4) is 17.2 Å². The number of methoxy groups -OCH3 is 3. The molecule has 0 saturated heterocycles. The number of nitrogens with zero attached hydrogens (tertiary/aromatic N) is 2. The Balaban J connectivity index is 2.04. The molecular weight excluding hydrogens is 492 g/mol. The molecule has 0 radical (unpaired) electrons. The molecule has 1 aliphatic heterocycles. The lowest BCUT2D eigenvalue weighted by Gasteiger charge is -2.26. The zero-order chi connectivity index (χ0) is 26.5. The summed E-state index contributed by atoms with van der Waals surface area (Å²) in [5.41, 5.74) is 2.07. The summed E-state index contributed by atoms with van der Waals surface area (Å²) in [6.07, 6.45) is 3.10. The van der Waals surface area contributed by atoms with E-state index < -0.39 is 12.0 Å². The third kappa shape index (κ3) is 4.91. The quantitative estimate of drug-likeness (QED) is 0.399. The normalized spacial score (nSPS) is 15.2. The first kappa shape index (κ1) is 26.2. The first-order chi connectivity index (χ1) is 18.0. The molecule has 1 aromatic heterocycles. The highest BCUT2D eigenvalue weighted by Gasteiger charge is 2.35. The van der Waals surface area contributed by atoms with Gasteiger partial charge in [0.2, 0.25) is 0 Å². The molecule has 0 spiro atoms. The molecule has 1 atom stereocenters. The van der Waals surface area contributed by atoms with Gasteiger partial charge in [0.05, 0.1) is 43.7 Å². The zero-order valence-electron chi connectivity index (χ0n) is 21.6. The standard InChI is InChI=1S/C28H30N2O6S/c1-6-11-19-23(27(32)36-7-2)24(18-13-8-9-14-20(18)33-3)30-26(31)22(37-28(30)29-19)16-17-12-10-15-21(34-4)25(17)35-5/h8-10,12-16,24H,6-7,11H2,1-5H3/t24-/m0/s1. The number of fused-ring (bicyclic) bond motifs is 1. The summed E-state index contributed by atoms with van der Waals surface area (Å²) in [6, 6.07) is 12.1. The molecule has 0 aliphatic carbocycles. The Morgan fingerprint density at radius 3 is 2.43 bits per heavy atom. The summed E-state index contributed by atoms with van der Waals surface area (Å²) < 4.78 is 24.1. The van der Waals surface area contributed by atoms with E-state index in [0.717, 1.165) is 6.42 Å². The van der Waals surface area contributed by atoms with Gasteiger partial charge in [0.1, 0.15) is 11.8 Å². The van der Waals surface area contributed by atoms with Crippen molar-refractivity contribution < 1.29 is 23.7 Å². The Morgan fingerprint density at radius 1 is 1.03 bits per heavy atom. The fourth-order valence-electron chi connectivity index (χ4n) is 4.47. The molecule has 0 fully saturated rings. The number of hydrogen-bond donors (Lipinski definition) is 0. The number of allylic oxidation sites excluding steroid dienone is 1. The average molecular weight is 523 g/mol. The number of hydrogen-bond acceptors (Lipinski definition) is 8. The maximum atomic E-state index is 13.9. The minimum Gasteiger partial charge on any atom is -0.496 e. The molecule has 4 rings (SSSR count). The fraction of sp³-hybridized carbons (Fsp3) is 0.321. The fourth-order valence-corrected chi connectivity index (χ4v) is 5.49. The van der Waals surface area contributed by atoms with Crippen molar-refractivity contribution >= 4 is 23.4 Å². The maximum absolute atomic E-state index is 13.9. The molecule has 0 amide bonds. The van der Waals surface area contributed by atoms with E-state index >= 15 is 0 Å². The van der Waals surface area contributed by atoms with Crippen LogP contribution in [0.2, 0.25) is 0 Å². The van der Waals surface area contributed by atoms with Crippen molar-refractivity contribution in [1.29, 1.82) is 0 Å². The highest BCUT2D eigenvalue weighted by atomic mass is 32.1. The number of rotatable bonds is 9. The number of carbonyl (C=O) groups excluding carboxylic acids is 1. The third-order valence-electron chi connectivity index (χ3n) is 6.05. The lowest BCUT2D eigenvalue weighted by molar-refractivity contribution is -0.139. The van der Waals surface area contributed by atoms with Crippen LogP contribution in [0.15, 0.2) is 63.5 Å². The minimum absolute atomic E-state index is 0.209. The van der Waals surface area contributed by atoms with Crippen molar-refractivity contribution in [3.63, 3.8) is 0 Å². The van der Waals surface area contributed by atoms with Gasteiger partial charge in [-0.15, -0.1) is 0 Å². The summed E-state index contributed by atoms with van der Waals surface area (Å²) in [5.74, 6) is 1.16. The van der Waals surface area contributed by atoms with Crippen molar-refractivity contribution in [2.75, 3.05) is 27.9 Å². The van der Waals surface area contributed by atoms with Crippen LogP contribution in [0.1, 0.15) is 43.9 Å². The molecule has 0 saturated carbocycles. The lowest BCUT2D eigenvalue weighted by atomic mass is 9.93. The van der Waals surface area contributed by atoms with Crippen LogP contribution in [-0.4, -0.2) is 38.5 Å². The number of benzene rings is 2. The van der Waals surface area contributed by atoms with E-state index in [9.17, 15) is 9.59 Å². The Kier molecular flexibility index (Phi) is 8.13. The molecule has 9 heteroatoms. The lowest BCUT2D eigenvalue weighted by Crippen LogP contribution is -2.40. The topological polar surface area (TPSA) is 88.4 Å². The van der Waals surface area contributed by atoms with Gasteiger partial charge in [-0.3, -0.25) is 9.36 Å². The summed E-state index contributed by atoms with van der Waals surface area (Å²) in [4.78, 5) is 32.5. The molecule has 194 valence electrons. The third-order valence-corrected chi connectivity index (χ3v) is 7.03. The van der Waals surface area contributed by atoms with E-state index in [1.807, 2.05) is 43.3 Å². The Bertz CT molecular complexity index is 1520. The van der Waals surface area contributed by atoms with Crippen LogP contribution in [0.4, 0.5) is 0 Å². The van der Waals surface area contributed by atoms with E-state index in [-0.39, 0.29) is 12.2 Å². The number of ether oxygens (including phenoxy) is 4. The van der Waals surface area contributed by atoms with Crippen LogP contribution >= 0.6 is 11.3 Å². The number of para-hydroxylation sites is 2. The average Bonchev–Trinajstić information content (AvgIpc) is 3.22. The highest BCUT2D eigenvalue weighted by Crippen LogP contribution is 2.37. The van der Waals surface area contributed by atoms with E-state index in [0.29, 0.717) is 55.4 Å². The van der Waals surface area contributed by atoms with E-state index in [1.165, 1.54) is 11.3 Å². The predicted octanol–water partition coefficient (Wildman–Crippen LogP) is 3.60. The molecule has 8 nitrogen and oxygen atoms in total. The van der Waals surface area contributed by atoms with Crippen molar-refractivity contribution in [2.45, 2.75) is 32.7 Å². The molecule has 37 heavy (non-hydrogen) atoms. The summed E-state index contributed by atoms with van der Waals surface area (Å²) in [5, 5.41) is 0. The highest BCUT2D eigenvalue weighted by molar-refractivity contribution is 7.07. The monoisotopic (exact) mass is 522 g/mol. The van der Waals surface area contributed by atoms with Crippen LogP contribution in [-0.2, 0) is 9.53 Å². The predicted molar refractivity (Wildman–Crippen MR) is 142 cm³/mol. The first-order valence-electron chi connectivity index (χ1n) is 12.0. The Morgan fingerprint density at radius 2 is 1.76 bits per heavy atom. The van der Waals surface area contributed by atoms with Gasteiger partial charge < -0.3 is 18.9 Å². The van der Waals surface area contributed by atoms with E-state index in [1.54, 1.807) is 45.0 Å². The molecule has 2 heterocycles. The second-order valence-electron chi connectivity index (χ2n) is 8.24. The molecular formula is C28H30N2O6S. The molecule has 0 N–H and O–H groups in total. The van der Waals surface area contributed by atoms with Crippen LogP contribution in [0.3, 0.4) is 0 Å². The smallest absolute Gasteiger partial charge is 0.338 e. The van der Waals surface area contributed by atoms with Crippen molar-refractivity contribution in [3.05, 3.63) is 84.5 Å². The van der Waals surface area contributed by atoms with Gasteiger partial charge in [0.25, 0.3) is 5.56 Å². The van der Waals surface area contributed by atoms with E-state index in [2.05, 4.69) is 0 Å². The van der Waals surface area contributed by atoms with Gasteiger partial charge in [-0.1, -0.05) is 55.0 Å². The number of aromatic nitrogens is 1. The largest absolute Gasteiger partial charge is 0.496 e. The molecule has 3 aromatic rings. The number of thiazole rings is 1. The van der Waals surface area contributed by atoms with Gasteiger partial charge in [0.15, 0.2) is 16.3 Å². The van der Waals surface area contributed by atoms with Crippen LogP contribution in [0, 0.1) is 0 Å². The molecule has 0 bridgehead atoms. The number of esters is 1. The summed E-state index contributed by atoms with van der Waals surface area (Å²) in [6.45, 7) is 3.99. The first-order valence-corrected chi connectivity index (χ1v) is 12.9. The van der Waals surface area contributed by atoms with Crippen molar-refractivity contribution in [2.24, 2.45) is 4.99 Å². The van der Waals surface area contributed by atoms with Gasteiger partial charge in [-0.2, -0.15) is 0 Å². The van der Waals surface area contributed by atoms with Gasteiger partial charge in [-0.05, 0) is 31.6 Å². The van der Waals surface area contributed by atoms with E-state index in [4.69, 9.17) is 23.9 Å². The second kappa shape index (κ2) is 11.5. The van der Waals surface area contributed by atoms with Gasteiger partial charge in [-0.25, -0.2) is 9.79 Å². The minimum atomic E-state index is -0.748. The molecule has 0 unspecified atom stereocenters. The number of carbonyl (C=O) groups is 1. The maximum Gasteiger partial charge on any atom is 0.338 e. The zero-order valence-corrected chi connectivity index (χ0v) is 22.4. The van der Waals surface area contributed by atoms with Crippen LogP contribution < -0.4 is 29.1 Å². The Hall–Kier alpha value is -3.85. The molecule has 2 aromatic carbocycles. The molecule has 1 aliphatic rings. The summed E-state index contributed by atoms with van der Waals surface area (Å²) in [7, 11) is 4.69. The van der Waals surface area contributed by atoms with Gasteiger partial charge in [0, 0.05) is 11.1 Å². The summed E-state index contributed by atoms with van der Waals surface area (Å²) >= 11 is 1.26. The van der Waals surface area contributed by atoms with Crippen LogP contribution in [0.5, 0.6) is 17.2 Å². The Labute approximate surface area is 219 Å². The van der Waals surface area contributed by atoms with Crippen LogP contribution in [0.25, 0.3) is 6.08 Å². The van der Waals surface area contributed by atoms with Crippen molar-refractivity contribution in [1.82, 2.24) is 4.57 Å².